The fourth-order valence-corrected chi connectivity index (χ4v) is 1.80. The lowest BCUT2D eigenvalue weighted by atomic mass is 10.1. The maximum absolute atomic E-state index is 13.5. The average molecular weight is 328 g/mol. The van der Waals surface area contributed by atoms with Gasteiger partial charge in [-0.2, -0.15) is 5.10 Å². The largest absolute Gasteiger partial charge is 0.396 e. The van der Waals surface area contributed by atoms with Gasteiger partial charge in [0.1, 0.15) is 0 Å². The zero-order chi connectivity index (χ0) is 15.2. The predicted molar refractivity (Wildman–Crippen MR) is 68.7 cm³/mol. The van der Waals surface area contributed by atoms with Gasteiger partial charge in [0.05, 0.1) is 29.2 Å². The van der Waals surface area contributed by atoms with Gasteiger partial charge in [-0.1, -0.05) is 0 Å². The number of aryl methyl sites for hydroxylation is 1. The zero-order valence-corrected chi connectivity index (χ0v) is 11.8. The van der Waals surface area contributed by atoms with Crippen LogP contribution < -0.4 is 5.73 Å². The molecule has 0 aliphatic rings. The molecule has 0 aliphatic heterocycles. The maximum Gasteiger partial charge on any atom is 0.200 e. The molecule has 0 amide bonds. The molecule has 0 radical (unpaired) electrons. The quantitative estimate of drug-likeness (QED) is 0.523. The van der Waals surface area contributed by atoms with Crippen LogP contribution in [-0.2, 0) is 6.54 Å². The van der Waals surface area contributed by atoms with Crippen LogP contribution in [-0.4, -0.2) is 9.78 Å². The van der Waals surface area contributed by atoms with Gasteiger partial charge in [-0.25, -0.2) is 22.0 Å². The minimum Gasteiger partial charge on any atom is -0.396 e. The van der Waals surface area contributed by atoms with E-state index in [1.165, 1.54) is 6.92 Å². The van der Waals surface area contributed by atoms with E-state index in [-0.39, 0.29) is 12.4 Å². The second-order valence-corrected chi connectivity index (χ2v) is 4.29. The van der Waals surface area contributed by atoms with Crippen molar-refractivity contribution >= 4 is 18.1 Å². The summed E-state index contributed by atoms with van der Waals surface area (Å²) in [5, 5.41) is 3.89. The Bertz CT molecular complexity index is 670. The van der Waals surface area contributed by atoms with Crippen LogP contribution in [0.4, 0.5) is 27.6 Å². The van der Waals surface area contributed by atoms with E-state index in [4.69, 9.17) is 5.73 Å². The number of nitrogen functional groups attached to an aromatic ring is 1. The normalized spacial score (nSPS) is 10.6. The molecule has 116 valence electrons. The van der Waals surface area contributed by atoms with Gasteiger partial charge in [-0.15, -0.1) is 12.4 Å². The van der Waals surface area contributed by atoms with Crippen molar-refractivity contribution in [2.75, 3.05) is 5.73 Å². The molecule has 1 heterocycles. The zero-order valence-electron chi connectivity index (χ0n) is 11.0. The van der Waals surface area contributed by atoms with E-state index in [2.05, 4.69) is 5.10 Å². The first-order valence-electron chi connectivity index (χ1n) is 5.55. The standard InChI is InChI=1S/C12H10F5N3.ClH/c1-4-12(18)5(2)20(19-4)3-6-7(13)9(15)11(17)10(16)8(6)14;/h3,18H2,1-2H3;1H. The monoisotopic (exact) mass is 327 g/mol. The molecule has 1 aromatic heterocycles. The Kier molecular flexibility index (Phi) is 4.83. The second-order valence-electron chi connectivity index (χ2n) is 4.29. The van der Waals surface area contributed by atoms with E-state index in [0.717, 1.165) is 4.68 Å². The summed E-state index contributed by atoms with van der Waals surface area (Å²) in [6.45, 7) is 2.49. The lowest BCUT2D eigenvalue weighted by Gasteiger charge is -2.09. The van der Waals surface area contributed by atoms with Gasteiger partial charge in [0.25, 0.3) is 0 Å². The Labute approximate surface area is 123 Å². The number of anilines is 1. The summed E-state index contributed by atoms with van der Waals surface area (Å²) in [6, 6.07) is 0. The minimum absolute atomic E-state index is 0. The first-order valence-corrected chi connectivity index (χ1v) is 5.55. The van der Waals surface area contributed by atoms with E-state index in [1.807, 2.05) is 0 Å². The number of hydrogen-bond donors (Lipinski definition) is 1. The Morgan fingerprint density at radius 3 is 1.71 bits per heavy atom. The Balaban J connectivity index is 0.00000220. The SMILES string of the molecule is Cc1nn(Cc2c(F)c(F)c(F)c(F)c2F)c(C)c1N.Cl. The van der Waals surface area contributed by atoms with E-state index >= 15 is 0 Å². The summed E-state index contributed by atoms with van der Waals surface area (Å²) in [5.41, 5.74) is 5.78. The highest BCUT2D eigenvalue weighted by Gasteiger charge is 2.26. The Morgan fingerprint density at radius 1 is 0.905 bits per heavy atom. The molecule has 0 spiro atoms. The van der Waals surface area contributed by atoms with Gasteiger partial charge in [0.15, 0.2) is 23.3 Å². The molecule has 2 N–H and O–H groups in total. The molecular weight excluding hydrogens is 317 g/mol. The number of halogens is 6. The van der Waals surface area contributed by atoms with Gasteiger partial charge < -0.3 is 5.73 Å². The molecule has 21 heavy (non-hydrogen) atoms. The first kappa shape index (κ1) is 17.2. The third kappa shape index (κ3) is 2.67. The van der Waals surface area contributed by atoms with Gasteiger partial charge in [-0.3, -0.25) is 4.68 Å². The molecule has 0 bridgehead atoms. The topological polar surface area (TPSA) is 43.8 Å². The molecule has 9 heteroatoms. The lowest BCUT2D eigenvalue weighted by molar-refractivity contribution is 0.366. The van der Waals surface area contributed by atoms with Crippen LogP contribution in [0.5, 0.6) is 0 Å². The van der Waals surface area contributed by atoms with Crippen molar-refractivity contribution < 1.29 is 22.0 Å². The summed E-state index contributed by atoms with van der Waals surface area (Å²) < 4.78 is 67.2. The van der Waals surface area contributed by atoms with Gasteiger partial charge in [0.2, 0.25) is 5.82 Å². The predicted octanol–water partition coefficient (Wildman–Crippen LogP) is 3.25. The molecule has 0 fully saturated rings. The van der Waals surface area contributed by atoms with Crippen LogP contribution in [0.2, 0.25) is 0 Å². The molecular formula is C12H11ClF5N3. The number of hydrogen-bond acceptors (Lipinski definition) is 2. The van der Waals surface area contributed by atoms with Gasteiger partial charge in [0, 0.05) is 0 Å². The molecule has 0 saturated carbocycles. The van der Waals surface area contributed by atoms with Crippen LogP contribution in [0.25, 0.3) is 0 Å². The van der Waals surface area contributed by atoms with E-state index < -0.39 is 41.2 Å². The first-order chi connectivity index (χ1) is 9.25. The summed E-state index contributed by atoms with van der Waals surface area (Å²) >= 11 is 0. The van der Waals surface area contributed by atoms with E-state index in [1.54, 1.807) is 6.92 Å². The molecule has 2 aromatic rings. The van der Waals surface area contributed by atoms with Crippen molar-refractivity contribution in [3.05, 3.63) is 46.0 Å². The number of nitrogens with two attached hydrogens (primary N) is 1. The van der Waals surface area contributed by atoms with Crippen LogP contribution in [0, 0.1) is 42.9 Å². The van der Waals surface area contributed by atoms with Crippen LogP contribution in [0.3, 0.4) is 0 Å². The van der Waals surface area contributed by atoms with Crippen molar-refractivity contribution in [1.82, 2.24) is 9.78 Å². The smallest absolute Gasteiger partial charge is 0.200 e. The third-order valence-electron chi connectivity index (χ3n) is 3.05. The molecule has 0 saturated heterocycles. The highest BCUT2D eigenvalue weighted by atomic mass is 35.5. The molecule has 0 atom stereocenters. The Hall–Kier alpha value is -1.83. The average Bonchev–Trinajstić information content (AvgIpc) is 2.66. The molecule has 1 aromatic carbocycles. The summed E-state index contributed by atoms with van der Waals surface area (Å²) in [4.78, 5) is 0. The van der Waals surface area contributed by atoms with Crippen LogP contribution in [0.1, 0.15) is 17.0 Å². The van der Waals surface area contributed by atoms with Crippen LogP contribution >= 0.6 is 12.4 Å². The van der Waals surface area contributed by atoms with Crippen molar-refractivity contribution in [3.63, 3.8) is 0 Å². The molecule has 2 rings (SSSR count). The third-order valence-corrected chi connectivity index (χ3v) is 3.05. The number of benzene rings is 1. The number of aromatic nitrogens is 2. The van der Waals surface area contributed by atoms with Crippen molar-refractivity contribution in [1.29, 1.82) is 0 Å². The van der Waals surface area contributed by atoms with Crippen molar-refractivity contribution in [2.24, 2.45) is 0 Å². The van der Waals surface area contributed by atoms with Crippen LogP contribution in [0.15, 0.2) is 0 Å². The summed E-state index contributed by atoms with van der Waals surface area (Å²) in [6.07, 6.45) is 0. The Morgan fingerprint density at radius 2 is 1.33 bits per heavy atom. The minimum atomic E-state index is -2.18. The maximum atomic E-state index is 13.5. The fraction of sp³-hybridized carbons (Fsp3) is 0.250. The van der Waals surface area contributed by atoms with E-state index in [0.29, 0.717) is 17.1 Å². The molecule has 3 nitrogen and oxygen atoms in total. The lowest BCUT2D eigenvalue weighted by Crippen LogP contribution is -2.13. The van der Waals surface area contributed by atoms with Crippen molar-refractivity contribution in [2.45, 2.75) is 20.4 Å². The van der Waals surface area contributed by atoms with Crippen molar-refractivity contribution in [3.8, 4) is 0 Å². The number of nitrogens with zero attached hydrogens (tertiary/aromatic N) is 2. The van der Waals surface area contributed by atoms with E-state index in [9.17, 15) is 22.0 Å². The highest BCUT2D eigenvalue weighted by Crippen LogP contribution is 2.25. The number of rotatable bonds is 2. The summed E-state index contributed by atoms with van der Waals surface area (Å²) in [7, 11) is 0. The second kappa shape index (κ2) is 5.88. The highest BCUT2D eigenvalue weighted by molar-refractivity contribution is 5.85. The molecule has 0 unspecified atom stereocenters. The van der Waals surface area contributed by atoms with Gasteiger partial charge in [-0.05, 0) is 13.8 Å². The molecule has 0 aliphatic carbocycles. The van der Waals surface area contributed by atoms with Gasteiger partial charge >= 0.3 is 0 Å². The summed E-state index contributed by atoms with van der Waals surface area (Å²) in [5.74, 6) is -9.88. The fourth-order valence-electron chi connectivity index (χ4n) is 1.80.